The molecule has 1 aromatic rings. The minimum absolute atomic E-state index is 0.495. The van der Waals surface area contributed by atoms with Crippen LogP contribution < -0.4 is 10.5 Å². The Hall–Kier alpha value is -1.22. The summed E-state index contributed by atoms with van der Waals surface area (Å²) in [6.07, 6.45) is 2.53. The maximum Gasteiger partial charge on any atom is 0.123 e. The zero-order chi connectivity index (χ0) is 13.9. The molecule has 1 fully saturated rings. The maximum absolute atomic E-state index is 5.90. The third-order valence-electron chi connectivity index (χ3n) is 3.99. The van der Waals surface area contributed by atoms with Crippen molar-refractivity contribution in [3.63, 3.8) is 0 Å². The summed E-state index contributed by atoms with van der Waals surface area (Å²) in [5, 5.41) is 0. The highest BCUT2D eigenvalue weighted by atomic mass is 16.5. The van der Waals surface area contributed by atoms with E-state index in [1.54, 1.807) is 0 Å². The summed E-state index contributed by atoms with van der Waals surface area (Å²) in [5.74, 6) is 0.974. The van der Waals surface area contributed by atoms with E-state index in [0.717, 1.165) is 31.1 Å². The fourth-order valence-electron chi connectivity index (χ4n) is 2.58. The van der Waals surface area contributed by atoms with Gasteiger partial charge in [-0.1, -0.05) is 13.8 Å². The lowest BCUT2D eigenvalue weighted by atomic mass is 9.82. The Bertz CT molecular complexity index is 419. The van der Waals surface area contributed by atoms with Gasteiger partial charge in [-0.15, -0.1) is 0 Å². The van der Waals surface area contributed by atoms with Gasteiger partial charge in [0, 0.05) is 17.8 Å². The SMILES string of the molecule is CCOc1ccc(N)cc1CN1CCC(C)(C)CC1. The summed E-state index contributed by atoms with van der Waals surface area (Å²) >= 11 is 0. The number of nitrogen functional groups attached to an aromatic ring is 1. The summed E-state index contributed by atoms with van der Waals surface area (Å²) < 4.78 is 5.69. The molecular weight excluding hydrogens is 236 g/mol. The third-order valence-corrected chi connectivity index (χ3v) is 3.99. The van der Waals surface area contributed by atoms with Crippen molar-refractivity contribution in [2.24, 2.45) is 5.41 Å². The summed E-state index contributed by atoms with van der Waals surface area (Å²) in [4.78, 5) is 2.50. The van der Waals surface area contributed by atoms with Gasteiger partial charge in [0.2, 0.25) is 0 Å². The highest BCUT2D eigenvalue weighted by Gasteiger charge is 2.25. The first kappa shape index (κ1) is 14.2. The van der Waals surface area contributed by atoms with Crippen LogP contribution in [0.15, 0.2) is 18.2 Å². The zero-order valence-corrected chi connectivity index (χ0v) is 12.4. The van der Waals surface area contributed by atoms with E-state index in [1.807, 2.05) is 25.1 Å². The van der Waals surface area contributed by atoms with Crippen LogP contribution in [0.3, 0.4) is 0 Å². The number of anilines is 1. The van der Waals surface area contributed by atoms with Crippen molar-refractivity contribution < 1.29 is 4.74 Å². The Labute approximate surface area is 116 Å². The van der Waals surface area contributed by atoms with Gasteiger partial charge >= 0.3 is 0 Å². The molecule has 106 valence electrons. The normalized spacial score (nSPS) is 19.3. The highest BCUT2D eigenvalue weighted by molar-refractivity contribution is 5.47. The zero-order valence-electron chi connectivity index (χ0n) is 12.4. The smallest absolute Gasteiger partial charge is 0.123 e. The second-order valence-electron chi connectivity index (χ2n) is 6.24. The average molecular weight is 262 g/mol. The molecule has 0 atom stereocenters. The van der Waals surface area contributed by atoms with Gasteiger partial charge in [-0.05, 0) is 56.5 Å². The van der Waals surface area contributed by atoms with Crippen molar-refractivity contribution in [1.29, 1.82) is 0 Å². The fourth-order valence-corrected chi connectivity index (χ4v) is 2.58. The van der Waals surface area contributed by atoms with Crippen LogP contribution in [0.4, 0.5) is 5.69 Å². The van der Waals surface area contributed by atoms with E-state index < -0.39 is 0 Å². The van der Waals surface area contributed by atoms with Gasteiger partial charge in [-0.25, -0.2) is 0 Å². The van der Waals surface area contributed by atoms with Crippen LogP contribution >= 0.6 is 0 Å². The number of nitrogens with two attached hydrogens (primary N) is 1. The number of piperidine rings is 1. The highest BCUT2D eigenvalue weighted by Crippen LogP contribution is 2.31. The molecule has 0 aromatic heterocycles. The number of hydrogen-bond donors (Lipinski definition) is 1. The predicted octanol–water partition coefficient (Wildman–Crippen LogP) is 3.29. The first-order valence-corrected chi connectivity index (χ1v) is 7.24. The molecular formula is C16H26N2O. The Kier molecular flexibility index (Phi) is 4.35. The molecule has 1 aromatic carbocycles. The molecule has 1 aliphatic rings. The summed E-state index contributed by atoms with van der Waals surface area (Å²) in [6, 6.07) is 5.95. The number of ether oxygens (including phenoxy) is 1. The molecule has 19 heavy (non-hydrogen) atoms. The molecule has 3 heteroatoms. The molecule has 2 N–H and O–H groups in total. The Morgan fingerprint density at radius 1 is 1.26 bits per heavy atom. The van der Waals surface area contributed by atoms with Gasteiger partial charge in [0.05, 0.1) is 6.61 Å². The number of hydrogen-bond acceptors (Lipinski definition) is 3. The number of benzene rings is 1. The topological polar surface area (TPSA) is 38.5 Å². The number of likely N-dealkylation sites (tertiary alicyclic amines) is 1. The van der Waals surface area contributed by atoms with Crippen LogP contribution in [-0.4, -0.2) is 24.6 Å². The van der Waals surface area contributed by atoms with Crippen LogP contribution in [0, 0.1) is 5.41 Å². The minimum atomic E-state index is 0.495. The van der Waals surface area contributed by atoms with E-state index in [-0.39, 0.29) is 0 Å². The van der Waals surface area contributed by atoms with Gasteiger partial charge in [-0.2, -0.15) is 0 Å². The van der Waals surface area contributed by atoms with Crippen molar-refractivity contribution in [3.8, 4) is 5.75 Å². The standard InChI is InChI=1S/C16H26N2O/c1-4-19-15-6-5-14(17)11-13(15)12-18-9-7-16(2,3)8-10-18/h5-6,11H,4,7-10,12,17H2,1-3H3. The van der Waals surface area contributed by atoms with Crippen LogP contribution in [0.5, 0.6) is 5.75 Å². The van der Waals surface area contributed by atoms with Crippen molar-refractivity contribution >= 4 is 5.69 Å². The van der Waals surface area contributed by atoms with E-state index in [1.165, 1.54) is 18.4 Å². The maximum atomic E-state index is 5.90. The van der Waals surface area contributed by atoms with E-state index in [2.05, 4.69) is 18.7 Å². The lowest BCUT2D eigenvalue weighted by Crippen LogP contribution is -2.36. The molecule has 0 saturated carbocycles. The monoisotopic (exact) mass is 262 g/mol. The lowest BCUT2D eigenvalue weighted by Gasteiger charge is -2.37. The van der Waals surface area contributed by atoms with Crippen molar-refractivity contribution in [1.82, 2.24) is 4.90 Å². The molecule has 0 spiro atoms. The van der Waals surface area contributed by atoms with Crippen LogP contribution in [0.1, 0.15) is 39.2 Å². The molecule has 0 radical (unpaired) electrons. The largest absolute Gasteiger partial charge is 0.494 e. The van der Waals surface area contributed by atoms with Gasteiger partial charge in [-0.3, -0.25) is 4.90 Å². The van der Waals surface area contributed by atoms with Crippen LogP contribution in [0.2, 0.25) is 0 Å². The van der Waals surface area contributed by atoms with Gasteiger partial charge in [0.1, 0.15) is 5.75 Å². The van der Waals surface area contributed by atoms with Crippen molar-refractivity contribution in [3.05, 3.63) is 23.8 Å². The molecule has 0 bridgehead atoms. The molecule has 0 unspecified atom stereocenters. The second-order valence-corrected chi connectivity index (χ2v) is 6.24. The van der Waals surface area contributed by atoms with Crippen LogP contribution in [-0.2, 0) is 6.54 Å². The van der Waals surface area contributed by atoms with Crippen molar-refractivity contribution in [2.45, 2.75) is 40.2 Å². The van der Waals surface area contributed by atoms with Gasteiger partial charge < -0.3 is 10.5 Å². The Balaban J connectivity index is 2.04. The van der Waals surface area contributed by atoms with Crippen LogP contribution in [0.25, 0.3) is 0 Å². The van der Waals surface area contributed by atoms with Gasteiger partial charge in [0.15, 0.2) is 0 Å². The Morgan fingerprint density at radius 2 is 1.95 bits per heavy atom. The van der Waals surface area contributed by atoms with E-state index in [0.29, 0.717) is 12.0 Å². The summed E-state index contributed by atoms with van der Waals surface area (Å²) in [5.41, 5.74) is 8.42. The molecule has 1 heterocycles. The van der Waals surface area contributed by atoms with E-state index in [4.69, 9.17) is 10.5 Å². The number of nitrogens with zero attached hydrogens (tertiary/aromatic N) is 1. The molecule has 0 aliphatic carbocycles. The lowest BCUT2D eigenvalue weighted by molar-refractivity contribution is 0.126. The molecule has 1 aliphatic heterocycles. The molecule has 2 rings (SSSR count). The first-order chi connectivity index (χ1) is 9.00. The van der Waals surface area contributed by atoms with E-state index >= 15 is 0 Å². The van der Waals surface area contributed by atoms with Gasteiger partial charge in [0.25, 0.3) is 0 Å². The predicted molar refractivity (Wildman–Crippen MR) is 80.3 cm³/mol. The number of rotatable bonds is 4. The summed E-state index contributed by atoms with van der Waals surface area (Å²) in [7, 11) is 0. The average Bonchev–Trinajstić information content (AvgIpc) is 2.35. The second kappa shape index (κ2) is 5.83. The Morgan fingerprint density at radius 3 is 2.58 bits per heavy atom. The molecule has 3 nitrogen and oxygen atoms in total. The van der Waals surface area contributed by atoms with E-state index in [9.17, 15) is 0 Å². The fraction of sp³-hybridized carbons (Fsp3) is 0.625. The third kappa shape index (κ3) is 3.87. The quantitative estimate of drug-likeness (QED) is 0.846. The minimum Gasteiger partial charge on any atom is -0.494 e. The van der Waals surface area contributed by atoms with Crippen molar-refractivity contribution in [2.75, 3.05) is 25.4 Å². The first-order valence-electron chi connectivity index (χ1n) is 7.24. The molecule has 0 amide bonds. The summed E-state index contributed by atoms with van der Waals surface area (Å²) in [6.45, 7) is 10.7. The molecule has 1 saturated heterocycles.